The van der Waals surface area contributed by atoms with Crippen LogP contribution in [-0.2, 0) is 0 Å². The second-order valence-corrected chi connectivity index (χ2v) is 2.40. The second kappa shape index (κ2) is 3.40. The fraction of sp³-hybridized carbons (Fsp3) is 1.00. The van der Waals surface area contributed by atoms with Crippen LogP contribution in [0.1, 0.15) is 26.2 Å². The van der Waals surface area contributed by atoms with Crippen molar-refractivity contribution in [2.45, 2.75) is 38.1 Å². The fourth-order valence-electron chi connectivity index (χ4n) is 0.558. The van der Waals surface area contributed by atoms with Gasteiger partial charge in [0.05, 0.1) is 0 Å². The molecule has 0 spiro atoms. The summed E-state index contributed by atoms with van der Waals surface area (Å²) in [5.74, 6) is -4.07. The average molecular weight is 172 g/mol. The molecule has 0 aliphatic heterocycles. The van der Waals surface area contributed by atoms with Gasteiger partial charge in [-0.15, -0.1) is 0 Å². The lowest BCUT2D eigenvalue weighted by molar-refractivity contribution is -0.368. The number of rotatable bonds is 4. The predicted octanol–water partition coefficient (Wildman–Crippen LogP) is 1.42. The Morgan fingerprint density at radius 2 is 1.64 bits per heavy atom. The van der Waals surface area contributed by atoms with Gasteiger partial charge in [0.2, 0.25) is 0 Å². The first-order chi connectivity index (χ1) is 4.81. The molecule has 0 atom stereocenters. The van der Waals surface area contributed by atoms with Crippen LogP contribution >= 0.6 is 0 Å². The molecule has 0 unspecified atom stereocenters. The van der Waals surface area contributed by atoms with Crippen molar-refractivity contribution in [2.75, 3.05) is 0 Å². The summed E-state index contributed by atoms with van der Waals surface area (Å²) in [5.41, 5.74) is 0. The molecule has 5 heteroatoms. The van der Waals surface area contributed by atoms with Gasteiger partial charge in [0.25, 0.3) is 0 Å². The van der Waals surface area contributed by atoms with E-state index in [2.05, 4.69) is 0 Å². The van der Waals surface area contributed by atoms with Crippen LogP contribution in [0.25, 0.3) is 0 Å². The van der Waals surface area contributed by atoms with Gasteiger partial charge >= 0.3 is 12.0 Å². The molecule has 0 heterocycles. The summed E-state index contributed by atoms with van der Waals surface area (Å²) in [6, 6.07) is -4.39. The molecule has 2 nitrogen and oxygen atoms in total. The molecule has 0 aliphatic carbocycles. The van der Waals surface area contributed by atoms with Crippen LogP contribution in [0.15, 0.2) is 0 Å². The van der Waals surface area contributed by atoms with Crippen molar-refractivity contribution in [3.63, 3.8) is 0 Å². The average Bonchev–Trinajstić information content (AvgIpc) is 1.81. The van der Waals surface area contributed by atoms with Crippen molar-refractivity contribution >= 4 is 0 Å². The summed E-state index contributed by atoms with van der Waals surface area (Å²) in [4.78, 5) is 0. The van der Waals surface area contributed by atoms with Crippen molar-refractivity contribution in [3.8, 4) is 0 Å². The van der Waals surface area contributed by atoms with Gasteiger partial charge in [-0.1, -0.05) is 13.3 Å². The zero-order valence-electron chi connectivity index (χ0n) is 6.15. The second-order valence-electron chi connectivity index (χ2n) is 2.40. The van der Waals surface area contributed by atoms with Crippen molar-refractivity contribution in [1.82, 2.24) is 0 Å². The Bertz CT molecular complexity index is 119. The molecule has 0 aliphatic rings. The van der Waals surface area contributed by atoms with Crippen molar-refractivity contribution < 1.29 is 23.4 Å². The van der Waals surface area contributed by atoms with Crippen molar-refractivity contribution in [1.29, 1.82) is 0 Å². The molecule has 0 rings (SSSR count). The Kier molecular flexibility index (Phi) is 3.31. The third-order valence-electron chi connectivity index (χ3n) is 1.31. The number of halogens is 3. The zero-order valence-corrected chi connectivity index (χ0v) is 6.15. The highest BCUT2D eigenvalue weighted by atomic mass is 19.3. The van der Waals surface area contributed by atoms with Gasteiger partial charge in [-0.25, -0.2) is 0 Å². The van der Waals surface area contributed by atoms with Gasteiger partial charge in [0.15, 0.2) is 0 Å². The van der Waals surface area contributed by atoms with E-state index >= 15 is 0 Å². The number of hydrogen-bond acceptors (Lipinski definition) is 2. The lowest BCUT2D eigenvalue weighted by atomic mass is 10.1. The van der Waals surface area contributed by atoms with Crippen LogP contribution in [0.4, 0.5) is 13.2 Å². The van der Waals surface area contributed by atoms with Gasteiger partial charge in [-0.2, -0.15) is 13.2 Å². The summed E-state index contributed by atoms with van der Waals surface area (Å²) in [6.45, 7) is 1.64. The number of hydrogen-bond donors (Lipinski definition) is 2. The lowest BCUT2D eigenvalue weighted by Gasteiger charge is -2.22. The normalized spacial score (nSPS) is 13.6. The molecule has 68 valence electrons. The molecule has 2 N–H and O–H groups in total. The molecule has 0 aromatic heterocycles. The van der Waals surface area contributed by atoms with E-state index in [9.17, 15) is 13.2 Å². The Hall–Kier alpha value is -0.290. The fourth-order valence-corrected chi connectivity index (χ4v) is 0.558. The van der Waals surface area contributed by atoms with E-state index in [1.54, 1.807) is 6.92 Å². The van der Waals surface area contributed by atoms with E-state index in [1.807, 2.05) is 0 Å². The highest BCUT2D eigenvalue weighted by molar-refractivity contribution is 4.73. The molecule has 0 bridgehead atoms. The van der Waals surface area contributed by atoms with Crippen LogP contribution in [0.5, 0.6) is 0 Å². The Morgan fingerprint density at radius 3 is 1.91 bits per heavy atom. The standard InChI is InChI=1S/C6H11F3O2/c1-2-3-4-5(7,8)6(9,10)11/h10-11H,2-4H2,1H3. The van der Waals surface area contributed by atoms with E-state index in [0.29, 0.717) is 6.42 Å². The maximum atomic E-state index is 12.2. The van der Waals surface area contributed by atoms with Gasteiger partial charge in [0, 0.05) is 6.42 Å². The largest absolute Gasteiger partial charge is 0.380 e. The SMILES string of the molecule is CCCCC(F)(F)C(O)(O)F. The minimum Gasteiger partial charge on any atom is -0.335 e. The molecule has 0 amide bonds. The van der Waals surface area contributed by atoms with Gasteiger partial charge in [0.1, 0.15) is 0 Å². The minimum atomic E-state index is -4.39. The third-order valence-corrected chi connectivity index (χ3v) is 1.31. The maximum Gasteiger partial charge on any atom is 0.380 e. The number of alkyl halides is 3. The van der Waals surface area contributed by atoms with Crippen LogP contribution in [0.3, 0.4) is 0 Å². The smallest absolute Gasteiger partial charge is 0.335 e. The molecule has 0 saturated carbocycles. The number of unbranched alkanes of at least 4 members (excludes halogenated alkanes) is 1. The van der Waals surface area contributed by atoms with E-state index in [4.69, 9.17) is 10.2 Å². The summed E-state index contributed by atoms with van der Waals surface area (Å²) in [5, 5.41) is 15.8. The first-order valence-corrected chi connectivity index (χ1v) is 3.32. The van der Waals surface area contributed by atoms with Crippen LogP contribution < -0.4 is 0 Å². The summed E-state index contributed by atoms with van der Waals surface area (Å²) in [6.07, 6.45) is -0.349. The van der Waals surface area contributed by atoms with Gasteiger partial charge in [-0.05, 0) is 6.42 Å². The van der Waals surface area contributed by atoms with Crippen molar-refractivity contribution in [2.24, 2.45) is 0 Å². The predicted molar refractivity (Wildman–Crippen MR) is 32.7 cm³/mol. The quantitative estimate of drug-likeness (QED) is 0.629. The summed E-state index contributed by atoms with van der Waals surface area (Å²) in [7, 11) is 0. The third kappa shape index (κ3) is 3.07. The molecular weight excluding hydrogens is 161 g/mol. The maximum absolute atomic E-state index is 12.2. The van der Waals surface area contributed by atoms with Gasteiger partial charge < -0.3 is 10.2 Å². The van der Waals surface area contributed by atoms with Crippen LogP contribution in [-0.4, -0.2) is 22.2 Å². The van der Waals surface area contributed by atoms with E-state index < -0.39 is 18.4 Å². The lowest BCUT2D eigenvalue weighted by Crippen LogP contribution is -2.43. The Balaban J connectivity index is 4.00. The molecule has 0 radical (unpaired) electrons. The van der Waals surface area contributed by atoms with E-state index in [-0.39, 0.29) is 6.42 Å². The highest BCUT2D eigenvalue weighted by Gasteiger charge is 2.52. The Morgan fingerprint density at radius 1 is 1.18 bits per heavy atom. The Labute approximate surface area is 62.6 Å². The monoisotopic (exact) mass is 172 g/mol. The summed E-state index contributed by atoms with van der Waals surface area (Å²) < 4.78 is 36.3. The first kappa shape index (κ1) is 10.7. The minimum absolute atomic E-state index is 0.0553. The van der Waals surface area contributed by atoms with E-state index in [1.165, 1.54) is 0 Å². The molecule has 11 heavy (non-hydrogen) atoms. The summed E-state index contributed by atoms with van der Waals surface area (Å²) >= 11 is 0. The highest BCUT2D eigenvalue weighted by Crippen LogP contribution is 2.32. The molecule has 0 saturated heterocycles. The zero-order chi connectivity index (χ0) is 9.12. The first-order valence-electron chi connectivity index (χ1n) is 3.32. The van der Waals surface area contributed by atoms with E-state index in [0.717, 1.165) is 0 Å². The molecule has 0 aromatic rings. The van der Waals surface area contributed by atoms with Crippen LogP contribution in [0, 0.1) is 0 Å². The van der Waals surface area contributed by atoms with Crippen molar-refractivity contribution in [3.05, 3.63) is 0 Å². The van der Waals surface area contributed by atoms with Crippen LogP contribution in [0.2, 0.25) is 0 Å². The molecule has 0 aromatic carbocycles. The number of aliphatic hydroxyl groups is 2. The van der Waals surface area contributed by atoms with Gasteiger partial charge in [-0.3, -0.25) is 0 Å². The topological polar surface area (TPSA) is 40.5 Å². The molecule has 0 fully saturated rings. The molecular formula is C6H11F3O2.